The largest absolute Gasteiger partial charge is 0.497 e. The van der Waals surface area contributed by atoms with E-state index < -0.39 is 6.10 Å². The fourth-order valence-electron chi connectivity index (χ4n) is 2.68. The maximum Gasteiger partial charge on any atom is 0.182 e. The molecule has 0 fully saturated rings. The summed E-state index contributed by atoms with van der Waals surface area (Å²) in [4.78, 5) is 12.5. The van der Waals surface area contributed by atoms with Crippen LogP contribution in [0.15, 0.2) is 36.4 Å². The molecule has 5 nitrogen and oxygen atoms in total. The highest BCUT2D eigenvalue weighted by Gasteiger charge is 2.30. The van der Waals surface area contributed by atoms with Crippen LogP contribution < -0.4 is 18.9 Å². The third kappa shape index (κ3) is 2.82. The maximum absolute atomic E-state index is 12.5. The molecule has 5 heteroatoms. The minimum absolute atomic E-state index is 0.00188. The van der Waals surface area contributed by atoms with Gasteiger partial charge in [-0.3, -0.25) is 4.79 Å². The molecule has 23 heavy (non-hydrogen) atoms. The van der Waals surface area contributed by atoms with Crippen LogP contribution in [0.2, 0.25) is 0 Å². The van der Waals surface area contributed by atoms with Crippen molar-refractivity contribution in [3.63, 3.8) is 0 Å². The van der Waals surface area contributed by atoms with Gasteiger partial charge >= 0.3 is 0 Å². The second-order valence-corrected chi connectivity index (χ2v) is 5.23. The van der Waals surface area contributed by atoms with Gasteiger partial charge in [-0.05, 0) is 30.3 Å². The average molecular weight is 314 g/mol. The molecule has 0 spiro atoms. The van der Waals surface area contributed by atoms with Crippen LogP contribution in [0.4, 0.5) is 0 Å². The molecule has 3 rings (SSSR count). The van der Waals surface area contributed by atoms with Gasteiger partial charge in [0.2, 0.25) is 0 Å². The van der Waals surface area contributed by atoms with Crippen molar-refractivity contribution in [2.24, 2.45) is 0 Å². The molecule has 0 aliphatic carbocycles. The highest BCUT2D eigenvalue weighted by Crippen LogP contribution is 2.37. The summed E-state index contributed by atoms with van der Waals surface area (Å²) in [6, 6.07) is 10.8. The summed E-state index contributed by atoms with van der Waals surface area (Å²) in [7, 11) is 4.73. The lowest BCUT2D eigenvalue weighted by Gasteiger charge is -2.26. The van der Waals surface area contributed by atoms with Gasteiger partial charge in [0.25, 0.3) is 0 Å². The Morgan fingerprint density at radius 3 is 2.43 bits per heavy atom. The highest BCUT2D eigenvalue weighted by atomic mass is 16.5. The molecule has 1 aliphatic heterocycles. The molecule has 1 heterocycles. The summed E-state index contributed by atoms with van der Waals surface area (Å²) in [5, 5.41) is 0. The first-order chi connectivity index (χ1) is 11.2. The molecule has 120 valence electrons. The summed E-state index contributed by atoms with van der Waals surface area (Å²) in [6.07, 6.45) is -0.332. The molecule has 1 atom stereocenters. The number of ether oxygens (including phenoxy) is 4. The van der Waals surface area contributed by atoms with Crippen molar-refractivity contribution >= 4 is 5.78 Å². The van der Waals surface area contributed by atoms with Crippen LogP contribution in [0.5, 0.6) is 23.0 Å². The maximum atomic E-state index is 12.5. The number of hydrogen-bond donors (Lipinski definition) is 0. The van der Waals surface area contributed by atoms with Gasteiger partial charge in [-0.15, -0.1) is 0 Å². The van der Waals surface area contributed by atoms with Gasteiger partial charge in [0.15, 0.2) is 23.4 Å². The minimum atomic E-state index is -0.643. The molecule has 0 aromatic heterocycles. The Morgan fingerprint density at radius 2 is 1.74 bits per heavy atom. The summed E-state index contributed by atoms with van der Waals surface area (Å²) in [5.41, 5.74) is 1.58. The van der Waals surface area contributed by atoms with Crippen molar-refractivity contribution in [1.82, 2.24) is 0 Å². The zero-order valence-corrected chi connectivity index (χ0v) is 13.3. The normalized spacial score (nSPS) is 16.3. The van der Waals surface area contributed by atoms with E-state index in [1.807, 2.05) is 24.3 Å². The topological polar surface area (TPSA) is 54.0 Å². The number of carbonyl (C=O) groups is 1. The van der Waals surface area contributed by atoms with Gasteiger partial charge in [0.05, 0.1) is 21.3 Å². The van der Waals surface area contributed by atoms with Gasteiger partial charge in [0, 0.05) is 17.5 Å². The van der Waals surface area contributed by atoms with Gasteiger partial charge in [0.1, 0.15) is 11.5 Å². The Bertz CT molecular complexity index is 738. The number of Topliss-reactive ketones (excluding diaryl/α,β-unsaturated/α-hetero) is 1. The van der Waals surface area contributed by atoms with Crippen molar-refractivity contribution < 1.29 is 23.7 Å². The molecule has 2 aromatic rings. The number of fused-ring (bicyclic) bond motifs is 1. The molecule has 0 N–H and O–H groups in total. The monoisotopic (exact) mass is 314 g/mol. The fourth-order valence-corrected chi connectivity index (χ4v) is 2.68. The quantitative estimate of drug-likeness (QED) is 0.868. The first-order valence-corrected chi connectivity index (χ1v) is 7.24. The van der Waals surface area contributed by atoms with E-state index >= 15 is 0 Å². The number of benzene rings is 2. The number of rotatable bonds is 4. The Kier molecular flexibility index (Phi) is 4.10. The van der Waals surface area contributed by atoms with Gasteiger partial charge in [-0.2, -0.15) is 0 Å². The Morgan fingerprint density at radius 1 is 0.957 bits per heavy atom. The molecule has 0 saturated carbocycles. The van der Waals surface area contributed by atoms with Crippen molar-refractivity contribution in [2.75, 3.05) is 21.3 Å². The van der Waals surface area contributed by atoms with Crippen molar-refractivity contribution in [3.8, 4) is 23.0 Å². The number of hydrogen-bond acceptors (Lipinski definition) is 5. The fraction of sp³-hybridized carbons (Fsp3) is 0.278. The first-order valence-electron chi connectivity index (χ1n) is 7.24. The molecule has 0 saturated heterocycles. The van der Waals surface area contributed by atoms with Crippen LogP contribution in [0.1, 0.15) is 17.2 Å². The molecule has 0 radical (unpaired) electrons. The summed E-state index contributed by atoms with van der Waals surface area (Å²) in [6.45, 7) is 0. The van der Waals surface area contributed by atoms with Crippen LogP contribution >= 0.6 is 0 Å². The summed E-state index contributed by atoms with van der Waals surface area (Å²) >= 11 is 0. The molecule has 0 bridgehead atoms. The number of carbonyl (C=O) groups excluding carboxylic acids is 1. The second-order valence-electron chi connectivity index (χ2n) is 5.23. The van der Waals surface area contributed by atoms with Crippen LogP contribution in [0, 0.1) is 0 Å². The molecule has 1 unspecified atom stereocenters. The lowest BCUT2D eigenvalue weighted by Crippen LogP contribution is -2.25. The zero-order chi connectivity index (χ0) is 16.4. The van der Waals surface area contributed by atoms with E-state index in [1.165, 1.54) is 0 Å². The molecule has 0 amide bonds. The predicted octanol–water partition coefficient (Wildman–Crippen LogP) is 2.96. The smallest absolute Gasteiger partial charge is 0.182 e. The number of methoxy groups -OCH3 is 3. The van der Waals surface area contributed by atoms with Gasteiger partial charge in [-0.1, -0.05) is 6.07 Å². The Hall–Kier alpha value is -2.69. The van der Waals surface area contributed by atoms with E-state index in [0.717, 1.165) is 11.1 Å². The number of ketones is 1. The third-order valence-electron chi connectivity index (χ3n) is 3.88. The minimum Gasteiger partial charge on any atom is -0.497 e. The van der Waals surface area contributed by atoms with Crippen molar-refractivity contribution in [3.05, 3.63) is 47.5 Å². The highest BCUT2D eigenvalue weighted by molar-refractivity contribution is 5.89. The average Bonchev–Trinajstić information content (AvgIpc) is 2.59. The van der Waals surface area contributed by atoms with Crippen LogP contribution in [-0.4, -0.2) is 27.1 Å². The third-order valence-corrected chi connectivity index (χ3v) is 3.88. The van der Waals surface area contributed by atoms with Crippen molar-refractivity contribution in [1.29, 1.82) is 0 Å². The molecular weight excluding hydrogens is 296 g/mol. The van der Waals surface area contributed by atoms with E-state index in [2.05, 4.69) is 0 Å². The molecule has 1 aliphatic rings. The van der Waals surface area contributed by atoms with E-state index in [4.69, 9.17) is 18.9 Å². The van der Waals surface area contributed by atoms with Crippen LogP contribution in [0.3, 0.4) is 0 Å². The SMILES string of the molecule is COc1ccc2c(c1)CC(=O)C(c1ccc(OC)c(OC)c1)O2. The Balaban J connectivity index is 1.93. The summed E-state index contributed by atoms with van der Waals surface area (Å²) in [5.74, 6) is 2.60. The first kappa shape index (κ1) is 15.2. The standard InChI is InChI=1S/C18H18O5/c1-20-13-5-7-15-12(8-13)9-14(19)18(23-15)11-4-6-16(21-2)17(10-11)22-3/h4-8,10,18H,9H2,1-3H3. The van der Waals surface area contributed by atoms with E-state index in [0.29, 0.717) is 29.4 Å². The van der Waals surface area contributed by atoms with Crippen LogP contribution in [0.25, 0.3) is 0 Å². The predicted molar refractivity (Wildman–Crippen MR) is 84.6 cm³/mol. The lowest BCUT2D eigenvalue weighted by atomic mass is 9.96. The van der Waals surface area contributed by atoms with E-state index in [-0.39, 0.29) is 5.78 Å². The lowest BCUT2D eigenvalue weighted by molar-refractivity contribution is -0.126. The second kappa shape index (κ2) is 6.20. The van der Waals surface area contributed by atoms with Gasteiger partial charge < -0.3 is 18.9 Å². The van der Waals surface area contributed by atoms with E-state index in [1.54, 1.807) is 33.5 Å². The van der Waals surface area contributed by atoms with Gasteiger partial charge in [-0.25, -0.2) is 0 Å². The molecule has 2 aromatic carbocycles. The van der Waals surface area contributed by atoms with Crippen molar-refractivity contribution in [2.45, 2.75) is 12.5 Å². The zero-order valence-electron chi connectivity index (χ0n) is 13.3. The summed E-state index contributed by atoms with van der Waals surface area (Å²) < 4.78 is 21.6. The van der Waals surface area contributed by atoms with E-state index in [9.17, 15) is 4.79 Å². The van der Waals surface area contributed by atoms with Crippen LogP contribution in [-0.2, 0) is 11.2 Å². The Labute approximate surface area is 134 Å². The molecular formula is C18H18O5.